The van der Waals surface area contributed by atoms with E-state index in [0.29, 0.717) is 5.69 Å². The molecule has 2 amide bonds. The molecule has 3 nitrogen and oxygen atoms in total. The average Bonchev–Trinajstić information content (AvgIpc) is 2.76. The third-order valence-electron chi connectivity index (χ3n) is 3.66. The Balaban J connectivity index is 1.99. The number of piperidine rings is 1. The average molecular weight is 294 g/mol. The maximum Gasteiger partial charge on any atom is 0.236 e. The van der Waals surface area contributed by atoms with Gasteiger partial charge in [0.25, 0.3) is 0 Å². The number of benzene rings is 1. The second kappa shape index (κ2) is 3.95. The Bertz CT molecular complexity index is 461. The molecule has 1 saturated heterocycles. The fraction of sp³-hybridized carbons (Fsp3) is 0.385. The van der Waals surface area contributed by atoms with E-state index in [1.54, 1.807) is 0 Å². The number of hydrogen-bond acceptors (Lipinski definition) is 2. The van der Waals surface area contributed by atoms with Gasteiger partial charge in [-0.25, -0.2) is 0 Å². The monoisotopic (exact) mass is 293 g/mol. The van der Waals surface area contributed by atoms with Crippen LogP contribution in [0.3, 0.4) is 0 Å². The van der Waals surface area contributed by atoms with Crippen molar-refractivity contribution < 1.29 is 9.59 Å². The highest BCUT2D eigenvalue weighted by atomic mass is 79.9. The lowest BCUT2D eigenvalue weighted by Gasteiger charge is -2.29. The van der Waals surface area contributed by atoms with Gasteiger partial charge in [0.05, 0.1) is 5.69 Å². The molecular formula is C13H12BrNO2. The maximum absolute atomic E-state index is 12.2. The largest absolute Gasteiger partial charge is 0.274 e. The van der Waals surface area contributed by atoms with Crippen molar-refractivity contribution in [3.05, 3.63) is 28.7 Å². The van der Waals surface area contributed by atoms with Crippen molar-refractivity contribution in [1.29, 1.82) is 0 Å². The third-order valence-corrected chi connectivity index (χ3v) is 4.19. The molecule has 3 rings (SSSR count). The molecule has 1 aliphatic heterocycles. The van der Waals surface area contributed by atoms with Gasteiger partial charge >= 0.3 is 0 Å². The smallest absolute Gasteiger partial charge is 0.236 e. The Labute approximate surface area is 108 Å². The molecule has 1 aliphatic carbocycles. The van der Waals surface area contributed by atoms with Crippen molar-refractivity contribution in [2.75, 3.05) is 4.90 Å². The fourth-order valence-electron chi connectivity index (χ4n) is 2.75. The molecule has 88 valence electrons. The van der Waals surface area contributed by atoms with Crippen LogP contribution in [-0.2, 0) is 9.59 Å². The van der Waals surface area contributed by atoms with Gasteiger partial charge < -0.3 is 0 Å². The van der Waals surface area contributed by atoms with Crippen LogP contribution in [0.2, 0.25) is 0 Å². The number of amides is 2. The van der Waals surface area contributed by atoms with Gasteiger partial charge in [-0.3, -0.25) is 14.5 Å². The quantitative estimate of drug-likeness (QED) is 0.747. The first-order chi connectivity index (χ1) is 8.16. The molecular weight excluding hydrogens is 282 g/mol. The van der Waals surface area contributed by atoms with Crippen molar-refractivity contribution in [1.82, 2.24) is 0 Å². The van der Waals surface area contributed by atoms with E-state index in [1.807, 2.05) is 24.3 Å². The van der Waals surface area contributed by atoms with Crippen LogP contribution in [0, 0.1) is 11.8 Å². The molecule has 2 bridgehead atoms. The molecule has 0 aromatic heterocycles. The number of nitrogens with zero attached hydrogens (tertiary/aromatic N) is 1. The normalized spacial score (nSPS) is 27.7. The van der Waals surface area contributed by atoms with E-state index in [1.165, 1.54) is 4.90 Å². The van der Waals surface area contributed by atoms with Gasteiger partial charge in [-0.15, -0.1) is 0 Å². The summed E-state index contributed by atoms with van der Waals surface area (Å²) in [5.74, 6) is 0.0693. The summed E-state index contributed by atoms with van der Waals surface area (Å²) in [4.78, 5) is 25.7. The van der Waals surface area contributed by atoms with Gasteiger partial charge in [-0.1, -0.05) is 15.9 Å². The van der Waals surface area contributed by atoms with Crippen LogP contribution in [0.15, 0.2) is 28.7 Å². The topological polar surface area (TPSA) is 37.4 Å². The van der Waals surface area contributed by atoms with Crippen molar-refractivity contribution in [3.8, 4) is 0 Å². The summed E-state index contributed by atoms with van der Waals surface area (Å²) in [5, 5.41) is 0. The van der Waals surface area contributed by atoms with Crippen LogP contribution < -0.4 is 4.90 Å². The summed E-state index contributed by atoms with van der Waals surface area (Å²) in [6, 6.07) is 7.33. The standard InChI is InChI=1S/C13H12BrNO2/c14-10-3-5-11(6-4-10)15-12(16)8-1-2-9(7-8)13(15)17/h3-6,8-9H,1-2,7H2. The number of carbonyl (C=O) groups is 2. The molecule has 1 aromatic carbocycles. The molecule has 0 radical (unpaired) electrons. The zero-order valence-electron chi connectivity index (χ0n) is 9.23. The SMILES string of the molecule is O=C1C2CCC(C2)C(=O)N1c1ccc(Br)cc1. The Morgan fingerprint density at radius 3 is 2.06 bits per heavy atom. The Kier molecular flexibility index (Phi) is 2.54. The van der Waals surface area contributed by atoms with Gasteiger partial charge in [-0.2, -0.15) is 0 Å². The lowest BCUT2D eigenvalue weighted by Crippen LogP contribution is -2.46. The molecule has 2 fully saturated rings. The highest BCUT2D eigenvalue weighted by molar-refractivity contribution is 9.10. The van der Waals surface area contributed by atoms with Crippen LogP contribution in [0.4, 0.5) is 5.69 Å². The van der Waals surface area contributed by atoms with E-state index in [4.69, 9.17) is 0 Å². The van der Waals surface area contributed by atoms with Crippen LogP contribution >= 0.6 is 15.9 Å². The van der Waals surface area contributed by atoms with E-state index in [0.717, 1.165) is 23.7 Å². The molecule has 2 aliphatic rings. The number of fused-ring (bicyclic) bond motifs is 2. The lowest BCUT2D eigenvalue weighted by atomic mass is 9.96. The molecule has 1 saturated carbocycles. The summed E-state index contributed by atoms with van der Waals surface area (Å²) in [6.07, 6.45) is 2.48. The number of halogens is 1. The molecule has 2 unspecified atom stereocenters. The van der Waals surface area contributed by atoms with Crippen molar-refractivity contribution >= 4 is 33.4 Å². The zero-order chi connectivity index (χ0) is 12.0. The Morgan fingerprint density at radius 1 is 1.00 bits per heavy atom. The predicted octanol–water partition coefficient (Wildman–Crippen LogP) is 2.74. The van der Waals surface area contributed by atoms with Gasteiger partial charge in [-0.05, 0) is 43.5 Å². The molecule has 1 heterocycles. The Morgan fingerprint density at radius 2 is 1.53 bits per heavy atom. The van der Waals surface area contributed by atoms with Gasteiger partial charge in [0.15, 0.2) is 0 Å². The van der Waals surface area contributed by atoms with E-state index >= 15 is 0 Å². The third kappa shape index (κ3) is 1.71. The second-order valence-corrected chi connectivity index (χ2v) is 5.61. The fourth-order valence-corrected chi connectivity index (χ4v) is 3.01. The zero-order valence-corrected chi connectivity index (χ0v) is 10.8. The first-order valence-corrected chi connectivity index (χ1v) is 6.59. The first kappa shape index (κ1) is 11.0. The highest BCUT2D eigenvalue weighted by Crippen LogP contribution is 2.40. The molecule has 4 heteroatoms. The van der Waals surface area contributed by atoms with Gasteiger partial charge in [0.1, 0.15) is 0 Å². The van der Waals surface area contributed by atoms with Crippen molar-refractivity contribution in [2.45, 2.75) is 19.3 Å². The second-order valence-electron chi connectivity index (χ2n) is 4.70. The summed E-state index contributed by atoms with van der Waals surface area (Å²) in [6.45, 7) is 0. The first-order valence-electron chi connectivity index (χ1n) is 5.80. The van der Waals surface area contributed by atoms with Gasteiger partial charge in [0.2, 0.25) is 11.8 Å². The molecule has 17 heavy (non-hydrogen) atoms. The van der Waals surface area contributed by atoms with E-state index in [2.05, 4.69) is 15.9 Å². The van der Waals surface area contributed by atoms with Crippen LogP contribution in [0.25, 0.3) is 0 Å². The van der Waals surface area contributed by atoms with Crippen LogP contribution in [0.1, 0.15) is 19.3 Å². The highest BCUT2D eigenvalue weighted by Gasteiger charge is 2.45. The number of imide groups is 1. The van der Waals surface area contributed by atoms with E-state index < -0.39 is 0 Å². The summed E-state index contributed by atoms with van der Waals surface area (Å²) < 4.78 is 0.945. The lowest BCUT2D eigenvalue weighted by molar-refractivity contribution is -0.132. The summed E-state index contributed by atoms with van der Waals surface area (Å²) in [7, 11) is 0. The summed E-state index contributed by atoms with van der Waals surface area (Å²) in [5.41, 5.74) is 0.694. The summed E-state index contributed by atoms with van der Waals surface area (Å²) >= 11 is 3.35. The predicted molar refractivity (Wildman–Crippen MR) is 67.5 cm³/mol. The molecule has 2 atom stereocenters. The molecule has 1 aromatic rings. The maximum atomic E-state index is 12.2. The number of hydrogen-bond donors (Lipinski definition) is 0. The molecule has 0 N–H and O–H groups in total. The number of anilines is 1. The number of rotatable bonds is 1. The minimum absolute atomic E-state index is 0.0222. The van der Waals surface area contributed by atoms with Gasteiger partial charge in [0, 0.05) is 16.3 Å². The van der Waals surface area contributed by atoms with E-state index in [9.17, 15) is 9.59 Å². The minimum atomic E-state index is -0.0222. The van der Waals surface area contributed by atoms with Crippen molar-refractivity contribution in [3.63, 3.8) is 0 Å². The minimum Gasteiger partial charge on any atom is -0.274 e. The van der Waals surface area contributed by atoms with E-state index in [-0.39, 0.29) is 23.7 Å². The Hall–Kier alpha value is -1.16. The van der Waals surface area contributed by atoms with Crippen LogP contribution in [-0.4, -0.2) is 11.8 Å². The van der Waals surface area contributed by atoms with Crippen LogP contribution in [0.5, 0.6) is 0 Å². The number of carbonyl (C=O) groups excluding carboxylic acids is 2. The molecule has 0 spiro atoms. The van der Waals surface area contributed by atoms with Crippen molar-refractivity contribution in [2.24, 2.45) is 11.8 Å².